The summed E-state index contributed by atoms with van der Waals surface area (Å²) in [4.78, 5) is 0. The quantitative estimate of drug-likeness (QED) is 0.480. The summed E-state index contributed by atoms with van der Waals surface area (Å²) in [6.07, 6.45) is 4.99. The standard InChI is InChI=1S/C15H21ClN4S2/c1-10-4-2-3-5-13(10)18-15(22)20-19-14(21)17-12-8-6-11(16)7-9-12/h6-10,13H,2-5H2,1H3,(H2,17,19,21)(H2,18,20,22)/t10-,13+/m0/s1. The van der Waals surface area contributed by atoms with E-state index in [4.69, 9.17) is 36.0 Å². The smallest absolute Gasteiger partial charge is 0.189 e. The van der Waals surface area contributed by atoms with Crippen molar-refractivity contribution in [2.75, 3.05) is 5.32 Å². The van der Waals surface area contributed by atoms with E-state index >= 15 is 0 Å². The van der Waals surface area contributed by atoms with Gasteiger partial charge in [-0.2, -0.15) is 0 Å². The number of hydrogen-bond donors (Lipinski definition) is 4. The van der Waals surface area contributed by atoms with Gasteiger partial charge in [-0.1, -0.05) is 31.4 Å². The molecule has 1 fully saturated rings. The van der Waals surface area contributed by atoms with Gasteiger partial charge in [0.2, 0.25) is 0 Å². The van der Waals surface area contributed by atoms with E-state index in [2.05, 4.69) is 28.4 Å². The Balaban J connectivity index is 1.71. The molecule has 1 aliphatic carbocycles. The van der Waals surface area contributed by atoms with Crippen LogP contribution in [0.2, 0.25) is 5.02 Å². The number of hydrazine groups is 1. The third-order valence-corrected chi connectivity index (χ3v) is 4.50. The third kappa shape index (κ3) is 5.59. The summed E-state index contributed by atoms with van der Waals surface area (Å²) in [5.41, 5.74) is 6.67. The van der Waals surface area contributed by atoms with Crippen molar-refractivity contribution in [3.8, 4) is 0 Å². The van der Waals surface area contributed by atoms with Gasteiger partial charge < -0.3 is 10.6 Å². The van der Waals surface area contributed by atoms with Gasteiger partial charge in [0.1, 0.15) is 0 Å². The zero-order chi connectivity index (χ0) is 15.9. The van der Waals surface area contributed by atoms with Gasteiger partial charge >= 0.3 is 0 Å². The van der Waals surface area contributed by atoms with Crippen molar-refractivity contribution in [3.63, 3.8) is 0 Å². The number of halogens is 1. The highest BCUT2D eigenvalue weighted by Gasteiger charge is 2.21. The lowest BCUT2D eigenvalue weighted by Crippen LogP contribution is -2.52. The van der Waals surface area contributed by atoms with Crippen LogP contribution in [0.1, 0.15) is 32.6 Å². The van der Waals surface area contributed by atoms with Crippen LogP contribution in [0.3, 0.4) is 0 Å². The second kappa shape index (κ2) is 8.50. The normalized spacial score (nSPS) is 20.8. The van der Waals surface area contributed by atoms with E-state index in [0.717, 1.165) is 12.1 Å². The van der Waals surface area contributed by atoms with Crippen LogP contribution in [0.4, 0.5) is 5.69 Å². The van der Waals surface area contributed by atoms with E-state index in [1.807, 2.05) is 12.1 Å². The summed E-state index contributed by atoms with van der Waals surface area (Å²) in [5, 5.41) is 8.10. The molecule has 4 nitrogen and oxygen atoms in total. The molecule has 120 valence electrons. The fraction of sp³-hybridized carbons (Fsp3) is 0.467. The van der Waals surface area contributed by atoms with Gasteiger partial charge in [0.05, 0.1) is 0 Å². The molecule has 0 unspecified atom stereocenters. The van der Waals surface area contributed by atoms with Crippen molar-refractivity contribution in [3.05, 3.63) is 29.3 Å². The monoisotopic (exact) mass is 356 g/mol. The van der Waals surface area contributed by atoms with Crippen LogP contribution in [-0.4, -0.2) is 16.3 Å². The highest BCUT2D eigenvalue weighted by Crippen LogP contribution is 2.23. The first-order chi connectivity index (χ1) is 10.5. The van der Waals surface area contributed by atoms with E-state index in [1.165, 1.54) is 19.3 Å². The summed E-state index contributed by atoms with van der Waals surface area (Å²) in [7, 11) is 0. The molecule has 1 saturated carbocycles. The van der Waals surface area contributed by atoms with Crippen molar-refractivity contribution in [1.82, 2.24) is 16.2 Å². The zero-order valence-electron chi connectivity index (χ0n) is 12.5. The number of benzene rings is 1. The Hall–Kier alpha value is -1.11. The summed E-state index contributed by atoms with van der Waals surface area (Å²) >= 11 is 16.3. The van der Waals surface area contributed by atoms with Crippen LogP contribution in [0, 0.1) is 5.92 Å². The summed E-state index contributed by atoms with van der Waals surface area (Å²) in [5.74, 6) is 0.646. The molecule has 2 rings (SSSR count). The molecule has 0 aromatic heterocycles. The van der Waals surface area contributed by atoms with Crippen LogP contribution >= 0.6 is 36.0 Å². The summed E-state index contributed by atoms with van der Waals surface area (Å²) < 4.78 is 0. The first-order valence-corrected chi connectivity index (χ1v) is 8.63. The molecule has 2 atom stereocenters. The topological polar surface area (TPSA) is 48.1 Å². The average molecular weight is 357 g/mol. The zero-order valence-corrected chi connectivity index (χ0v) is 14.9. The maximum Gasteiger partial charge on any atom is 0.189 e. The predicted octanol–water partition coefficient (Wildman–Crippen LogP) is 3.58. The largest absolute Gasteiger partial charge is 0.358 e. The Labute approximate surface area is 147 Å². The molecule has 1 aromatic carbocycles. The molecule has 0 bridgehead atoms. The Morgan fingerprint density at radius 1 is 1.05 bits per heavy atom. The van der Waals surface area contributed by atoms with Gasteiger partial charge in [-0.3, -0.25) is 10.9 Å². The average Bonchev–Trinajstić information content (AvgIpc) is 2.50. The predicted molar refractivity (Wildman–Crippen MR) is 101 cm³/mol. The lowest BCUT2D eigenvalue weighted by Gasteiger charge is -2.30. The van der Waals surface area contributed by atoms with Crippen molar-refractivity contribution in [2.45, 2.75) is 38.6 Å². The van der Waals surface area contributed by atoms with Crippen molar-refractivity contribution in [1.29, 1.82) is 0 Å². The van der Waals surface area contributed by atoms with Gasteiger partial charge in [0.25, 0.3) is 0 Å². The Bertz CT molecular complexity index is 521. The number of anilines is 1. The van der Waals surface area contributed by atoms with Crippen LogP contribution in [0.5, 0.6) is 0 Å². The first kappa shape index (κ1) is 17.2. The SMILES string of the molecule is C[C@H]1CCCC[C@H]1NC(=S)NNC(=S)Nc1ccc(Cl)cc1. The van der Waals surface area contributed by atoms with E-state index in [0.29, 0.717) is 27.2 Å². The number of hydrogen-bond acceptors (Lipinski definition) is 2. The minimum atomic E-state index is 0.438. The van der Waals surface area contributed by atoms with Gasteiger partial charge in [0.15, 0.2) is 10.2 Å². The van der Waals surface area contributed by atoms with Crippen molar-refractivity contribution < 1.29 is 0 Å². The maximum atomic E-state index is 5.84. The van der Waals surface area contributed by atoms with E-state index < -0.39 is 0 Å². The molecular formula is C15H21ClN4S2. The fourth-order valence-electron chi connectivity index (χ4n) is 2.54. The minimum Gasteiger partial charge on any atom is -0.358 e. The third-order valence-electron chi connectivity index (χ3n) is 3.82. The van der Waals surface area contributed by atoms with E-state index in [-0.39, 0.29) is 0 Å². The van der Waals surface area contributed by atoms with Crippen LogP contribution in [0.15, 0.2) is 24.3 Å². The second-order valence-corrected chi connectivity index (χ2v) is 6.81. The fourth-order valence-corrected chi connectivity index (χ4v) is 3.04. The van der Waals surface area contributed by atoms with Crippen LogP contribution in [-0.2, 0) is 0 Å². The molecule has 0 aliphatic heterocycles. The summed E-state index contributed by atoms with van der Waals surface area (Å²) in [6.45, 7) is 2.26. The molecule has 0 amide bonds. The molecular weight excluding hydrogens is 336 g/mol. The van der Waals surface area contributed by atoms with E-state index in [9.17, 15) is 0 Å². The van der Waals surface area contributed by atoms with Gasteiger partial charge in [-0.05, 0) is 67.5 Å². The van der Waals surface area contributed by atoms with Crippen molar-refractivity contribution in [2.24, 2.45) is 5.92 Å². The molecule has 0 saturated heterocycles. The lowest BCUT2D eigenvalue weighted by molar-refractivity contribution is 0.308. The van der Waals surface area contributed by atoms with Crippen LogP contribution < -0.4 is 21.5 Å². The van der Waals surface area contributed by atoms with Crippen molar-refractivity contribution >= 4 is 51.9 Å². The molecule has 0 heterocycles. The van der Waals surface area contributed by atoms with Crippen LogP contribution in [0.25, 0.3) is 0 Å². The Morgan fingerprint density at radius 3 is 2.36 bits per heavy atom. The number of nitrogens with one attached hydrogen (secondary N) is 4. The Kier molecular flexibility index (Phi) is 6.67. The second-order valence-electron chi connectivity index (χ2n) is 5.55. The molecule has 1 aromatic rings. The molecule has 7 heteroatoms. The van der Waals surface area contributed by atoms with Gasteiger partial charge in [0, 0.05) is 16.8 Å². The highest BCUT2D eigenvalue weighted by molar-refractivity contribution is 7.80. The Morgan fingerprint density at radius 2 is 1.68 bits per heavy atom. The lowest BCUT2D eigenvalue weighted by atomic mass is 9.86. The van der Waals surface area contributed by atoms with Gasteiger partial charge in [-0.25, -0.2) is 0 Å². The van der Waals surface area contributed by atoms with E-state index in [1.54, 1.807) is 12.1 Å². The number of thiocarbonyl (C=S) groups is 2. The highest BCUT2D eigenvalue weighted by atomic mass is 35.5. The molecule has 1 aliphatic rings. The summed E-state index contributed by atoms with van der Waals surface area (Å²) in [6, 6.07) is 7.76. The molecule has 0 spiro atoms. The molecule has 0 radical (unpaired) electrons. The maximum absolute atomic E-state index is 5.84. The minimum absolute atomic E-state index is 0.438. The number of rotatable bonds is 2. The first-order valence-electron chi connectivity index (χ1n) is 7.43. The van der Waals surface area contributed by atoms with Gasteiger partial charge in [-0.15, -0.1) is 0 Å². The molecule has 22 heavy (non-hydrogen) atoms. The molecule has 4 N–H and O–H groups in total.